The Hall–Kier alpha value is -3.11. The first-order valence-electron chi connectivity index (χ1n) is 10.4. The minimum absolute atomic E-state index is 0.286. The third-order valence-corrected chi connectivity index (χ3v) is 6.89. The summed E-state index contributed by atoms with van der Waals surface area (Å²) in [7, 11) is 0. The number of benzene rings is 1. The van der Waals surface area contributed by atoms with Crippen LogP contribution in [0.4, 0.5) is 0 Å². The highest BCUT2D eigenvalue weighted by atomic mass is 32.1. The highest BCUT2D eigenvalue weighted by Gasteiger charge is 2.32. The zero-order chi connectivity index (χ0) is 21.4. The van der Waals surface area contributed by atoms with Crippen LogP contribution in [-0.2, 0) is 6.42 Å². The molecule has 0 amide bonds. The smallest absolute Gasteiger partial charge is 0.160 e. The van der Waals surface area contributed by atoms with Gasteiger partial charge in [-0.05, 0) is 42.9 Å². The minimum atomic E-state index is -0.442. The maximum absolute atomic E-state index is 6.72. The van der Waals surface area contributed by atoms with Crippen molar-refractivity contribution in [3.63, 3.8) is 0 Å². The van der Waals surface area contributed by atoms with Crippen LogP contribution in [0.15, 0.2) is 54.9 Å². The molecule has 4 aromatic rings. The summed E-state index contributed by atoms with van der Waals surface area (Å²) in [4.78, 5) is 14.9. The number of nitrogens with two attached hydrogens (primary N) is 2. The molecule has 0 saturated heterocycles. The van der Waals surface area contributed by atoms with Crippen LogP contribution in [-0.4, -0.2) is 21.0 Å². The Kier molecular flexibility index (Phi) is 5.24. The normalized spacial score (nSPS) is 15.5. The zero-order valence-electron chi connectivity index (χ0n) is 17.0. The fourth-order valence-electron chi connectivity index (χ4n) is 3.95. The van der Waals surface area contributed by atoms with Gasteiger partial charge in [-0.1, -0.05) is 36.3 Å². The van der Waals surface area contributed by atoms with Crippen LogP contribution in [0.5, 0.6) is 0 Å². The summed E-state index contributed by atoms with van der Waals surface area (Å²) in [5, 5.41) is 0. The first-order chi connectivity index (χ1) is 15.2. The summed E-state index contributed by atoms with van der Waals surface area (Å²) < 4.78 is 0.962. The van der Waals surface area contributed by atoms with Crippen LogP contribution in [0.3, 0.4) is 0 Å². The van der Waals surface area contributed by atoms with Crippen LogP contribution in [0.1, 0.15) is 46.5 Å². The van der Waals surface area contributed by atoms with Crippen molar-refractivity contribution in [3.05, 3.63) is 76.6 Å². The quantitative estimate of drug-likeness (QED) is 0.452. The van der Waals surface area contributed by atoms with E-state index in [4.69, 9.17) is 27.9 Å². The SMILES string of the molecule is C#Cc1sc2c(C(N)C(N)Cc3ccccc3)nc(-c3ccncc3)nc2c1C1CC1. The molecule has 0 bridgehead atoms. The number of rotatable bonds is 6. The molecule has 6 heteroatoms. The third kappa shape index (κ3) is 3.84. The fraction of sp³-hybridized carbons (Fsp3) is 0.240. The van der Waals surface area contributed by atoms with Crippen molar-refractivity contribution in [2.45, 2.75) is 37.3 Å². The summed E-state index contributed by atoms with van der Waals surface area (Å²) in [6.07, 6.45) is 12.3. The second-order valence-corrected chi connectivity index (χ2v) is 9.01. The molecule has 0 radical (unpaired) electrons. The summed E-state index contributed by atoms with van der Waals surface area (Å²) >= 11 is 1.57. The maximum Gasteiger partial charge on any atom is 0.160 e. The molecule has 2 atom stereocenters. The van der Waals surface area contributed by atoms with Crippen molar-refractivity contribution >= 4 is 21.6 Å². The molecule has 1 aliphatic carbocycles. The van der Waals surface area contributed by atoms with Gasteiger partial charge in [0.1, 0.15) is 0 Å². The number of hydrogen-bond acceptors (Lipinski definition) is 6. The van der Waals surface area contributed by atoms with Crippen LogP contribution in [0.2, 0.25) is 0 Å². The van der Waals surface area contributed by atoms with Gasteiger partial charge in [-0.25, -0.2) is 9.97 Å². The van der Waals surface area contributed by atoms with Crippen molar-refractivity contribution in [3.8, 4) is 23.7 Å². The molecule has 0 spiro atoms. The number of nitrogens with zero attached hydrogens (tertiary/aromatic N) is 3. The summed E-state index contributed by atoms with van der Waals surface area (Å²) in [5.74, 6) is 3.98. The lowest BCUT2D eigenvalue weighted by Gasteiger charge is -2.21. The van der Waals surface area contributed by atoms with Crippen molar-refractivity contribution in [2.24, 2.45) is 11.5 Å². The van der Waals surface area contributed by atoms with Gasteiger partial charge in [0.05, 0.1) is 26.8 Å². The number of hydrogen-bond donors (Lipinski definition) is 2. The highest BCUT2D eigenvalue weighted by Crippen LogP contribution is 2.48. The Morgan fingerprint density at radius 2 is 1.81 bits per heavy atom. The van der Waals surface area contributed by atoms with Crippen LogP contribution < -0.4 is 11.5 Å². The predicted octanol–water partition coefficient (Wildman–Crippen LogP) is 4.18. The number of terminal acetylenes is 1. The number of aromatic nitrogens is 3. The second kappa shape index (κ2) is 8.20. The van der Waals surface area contributed by atoms with Gasteiger partial charge >= 0.3 is 0 Å². The van der Waals surface area contributed by atoms with Crippen LogP contribution in [0.25, 0.3) is 21.6 Å². The van der Waals surface area contributed by atoms with E-state index in [1.54, 1.807) is 23.7 Å². The summed E-state index contributed by atoms with van der Waals surface area (Å²) in [6, 6.07) is 13.2. The lowest BCUT2D eigenvalue weighted by Crippen LogP contribution is -2.36. The van der Waals surface area contributed by atoms with E-state index in [-0.39, 0.29) is 6.04 Å². The second-order valence-electron chi connectivity index (χ2n) is 7.99. The molecule has 4 N–H and O–H groups in total. The van der Waals surface area contributed by atoms with Gasteiger partial charge in [-0.2, -0.15) is 0 Å². The van der Waals surface area contributed by atoms with Gasteiger partial charge in [-0.3, -0.25) is 4.98 Å². The molecule has 5 nitrogen and oxygen atoms in total. The Morgan fingerprint density at radius 3 is 2.48 bits per heavy atom. The molecule has 1 aliphatic rings. The largest absolute Gasteiger partial charge is 0.326 e. The van der Waals surface area contributed by atoms with E-state index in [1.807, 2.05) is 30.3 Å². The van der Waals surface area contributed by atoms with Gasteiger partial charge < -0.3 is 11.5 Å². The lowest BCUT2D eigenvalue weighted by molar-refractivity contribution is 0.537. The Morgan fingerprint density at radius 1 is 1.06 bits per heavy atom. The van der Waals surface area contributed by atoms with Crippen LogP contribution in [0, 0.1) is 12.3 Å². The molecule has 0 aliphatic heterocycles. The summed E-state index contributed by atoms with van der Waals surface area (Å²) in [6.45, 7) is 0. The Labute approximate surface area is 185 Å². The van der Waals surface area contributed by atoms with E-state index in [0.717, 1.165) is 44.8 Å². The van der Waals surface area contributed by atoms with Gasteiger partial charge in [-0.15, -0.1) is 17.8 Å². The summed E-state index contributed by atoms with van der Waals surface area (Å²) in [5.41, 5.74) is 18.2. The molecule has 5 rings (SSSR count). The number of pyridine rings is 1. The van der Waals surface area contributed by atoms with Crippen LogP contribution >= 0.6 is 11.3 Å². The van der Waals surface area contributed by atoms with Crippen molar-refractivity contribution in [2.75, 3.05) is 0 Å². The van der Waals surface area contributed by atoms with E-state index < -0.39 is 6.04 Å². The van der Waals surface area contributed by atoms with E-state index in [9.17, 15) is 0 Å². The fourth-order valence-corrected chi connectivity index (χ4v) is 5.12. The molecule has 3 heterocycles. The van der Waals surface area contributed by atoms with Crippen molar-refractivity contribution in [1.29, 1.82) is 0 Å². The number of thiophene rings is 1. The molecule has 1 fully saturated rings. The standard InChI is InChI=1S/C25H23N5S/c1-2-19-20(16-8-9-16)22-24(31-19)23(30-25(29-22)17-10-12-28-13-11-17)21(27)18(26)14-15-6-4-3-5-7-15/h1,3-7,10-13,16,18,21H,8-9,14,26-27H2. The van der Waals surface area contributed by atoms with Gasteiger partial charge in [0.2, 0.25) is 0 Å². The van der Waals surface area contributed by atoms with E-state index in [0.29, 0.717) is 18.2 Å². The average molecular weight is 426 g/mol. The average Bonchev–Trinajstić information content (AvgIpc) is 3.58. The topological polar surface area (TPSA) is 90.7 Å². The van der Waals surface area contributed by atoms with Gasteiger partial charge in [0.25, 0.3) is 0 Å². The minimum Gasteiger partial charge on any atom is -0.326 e. The lowest BCUT2D eigenvalue weighted by atomic mass is 9.97. The van der Waals surface area contributed by atoms with Gasteiger partial charge in [0.15, 0.2) is 5.82 Å². The Balaban J connectivity index is 1.64. The Bertz CT molecular complexity index is 1260. The van der Waals surface area contributed by atoms with E-state index >= 15 is 0 Å². The van der Waals surface area contributed by atoms with Crippen molar-refractivity contribution in [1.82, 2.24) is 15.0 Å². The van der Waals surface area contributed by atoms with Crippen molar-refractivity contribution < 1.29 is 0 Å². The molecule has 154 valence electrons. The zero-order valence-corrected chi connectivity index (χ0v) is 17.8. The molecule has 3 aromatic heterocycles. The monoisotopic (exact) mass is 425 g/mol. The molecule has 31 heavy (non-hydrogen) atoms. The molecule has 1 aromatic carbocycles. The molecule has 1 saturated carbocycles. The van der Waals surface area contributed by atoms with E-state index in [1.165, 1.54) is 5.56 Å². The first-order valence-corrected chi connectivity index (χ1v) is 11.2. The molecular formula is C25H23N5S. The maximum atomic E-state index is 6.72. The van der Waals surface area contributed by atoms with Gasteiger partial charge in [0, 0.05) is 29.6 Å². The third-order valence-electron chi connectivity index (χ3n) is 5.74. The molecular weight excluding hydrogens is 402 g/mol. The van der Waals surface area contributed by atoms with E-state index in [2.05, 4.69) is 23.0 Å². The first kappa shape index (κ1) is 19.8. The number of fused-ring (bicyclic) bond motifs is 1. The highest BCUT2D eigenvalue weighted by molar-refractivity contribution is 7.19. The molecule has 2 unspecified atom stereocenters. The predicted molar refractivity (Wildman–Crippen MR) is 126 cm³/mol.